The highest BCUT2D eigenvalue weighted by Gasteiger charge is 2.46. The molecular formula is C16H12N2O2S2. The molecule has 4 rings (SSSR count). The predicted molar refractivity (Wildman–Crippen MR) is 88.0 cm³/mol. The van der Waals surface area contributed by atoms with Crippen LogP contribution in [0.5, 0.6) is 0 Å². The minimum atomic E-state index is -0.112. The average molecular weight is 328 g/mol. The molecule has 22 heavy (non-hydrogen) atoms. The van der Waals surface area contributed by atoms with Crippen molar-refractivity contribution in [1.82, 2.24) is 9.80 Å². The first-order valence-corrected chi connectivity index (χ1v) is 8.50. The quantitative estimate of drug-likeness (QED) is 0.850. The van der Waals surface area contributed by atoms with Crippen molar-refractivity contribution in [3.05, 3.63) is 55.9 Å². The molecule has 4 nitrogen and oxygen atoms in total. The van der Waals surface area contributed by atoms with Crippen LogP contribution < -0.4 is 0 Å². The number of likely N-dealkylation sites (N-methyl/N-ethyl adjacent to an activating group) is 2. The van der Waals surface area contributed by atoms with Crippen molar-refractivity contribution >= 4 is 45.9 Å². The second-order valence-corrected chi connectivity index (χ2v) is 7.03. The number of nitrogens with zero attached hydrogens (tertiary/aromatic N) is 2. The number of carbonyl (C=O) groups excluding carboxylic acids is 2. The van der Waals surface area contributed by atoms with Crippen LogP contribution in [0.4, 0.5) is 0 Å². The van der Waals surface area contributed by atoms with E-state index in [0.29, 0.717) is 11.1 Å². The summed E-state index contributed by atoms with van der Waals surface area (Å²) >= 11 is 3.07. The standard InChI is InChI=1S/C16H12N2O2S2/c1-17-13(9-5-3-7-21-9)11-12(15(17)19)14(18(2)16(11)20)10-6-4-8-22-10/h3-8H,1-2H3. The van der Waals surface area contributed by atoms with E-state index in [1.807, 2.05) is 35.0 Å². The highest BCUT2D eigenvalue weighted by atomic mass is 32.1. The monoisotopic (exact) mass is 328 g/mol. The maximum atomic E-state index is 12.7. The van der Waals surface area contributed by atoms with Crippen LogP contribution >= 0.6 is 22.7 Å². The molecule has 2 aromatic rings. The smallest absolute Gasteiger partial charge is 0.261 e. The summed E-state index contributed by atoms with van der Waals surface area (Å²) in [6, 6.07) is 7.74. The van der Waals surface area contributed by atoms with E-state index in [2.05, 4.69) is 0 Å². The van der Waals surface area contributed by atoms with Gasteiger partial charge < -0.3 is 9.80 Å². The summed E-state index contributed by atoms with van der Waals surface area (Å²) in [6.07, 6.45) is 0. The van der Waals surface area contributed by atoms with Crippen molar-refractivity contribution in [2.45, 2.75) is 0 Å². The van der Waals surface area contributed by atoms with Crippen LogP contribution in [0, 0.1) is 0 Å². The molecule has 4 heterocycles. The van der Waals surface area contributed by atoms with Gasteiger partial charge in [0.15, 0.2) is 0 Å². The van der Waals surface area contributed by atoms with Gasteiger partial charge in [-0.3, -0.25) is 9.59 Å². The first kappa shape index (κ1) is 13.5. The normalized spacial score (nSPS) is 18.1. The largest absolute Gasteiger partial charge is 0.309 e. The molecule has 0 fully saturated rings. The van der Waals surface area contributed by atoms with Crippen molar-refractivity contribution in [2.75, 3.05) is 14.1 Å². The number of rotatable bonds is 2. The van der Waals surface area contributed by atoms with Crippen LogP contribution in [-0.4, -0.2) is 35.7 Å². The van der Waals surface area contributed by atoms with Gasteiger partial charge in [0.2, 0.25) is 0 Å². The molecule has 0 saturated carbocycles. The van der Waals surface area contributed by atoms with Crippen LogP contribution in [0.25, 0.3) is 11.4 Å². The van der Waals surface area contributed by atoms with Crippen molar-refractivity contribution < 1.29 is 9.59 Å². The van der Waals surface area contributed by atoms with Crippen LogP contribution in [0.2, 0.25) is 0 Å². The lowest BCUT2D eigenvalue weighted by Crippen LogP contribution is -2.24. The molecular weight excluding hydrogens is 316 g/mol. The van der Waals surface area contributed by atoms with Gasteiger partial charge >= 0.3 is 0 Å². The Balaban J connectivity index is 2.03. The van der Waals surface area contributed by atoms with Crippen molar-refractivity contribution in [1.29, 1.82) is 0 Å². The first-order chi connectivity index (χ1) is 10.6. The van der Waals surface area contributed by atoms with Gasteiger partial charge in [-0.25, -0.2) is 0 Å². The summed E-state index contributed by atoms with van der Waals surface area (Å²) in [5.41, 5.74) is 2.50. The second-order valence-electron chi connectivity index (χ2n) is 5.13. The van der Waals surface area contributed by atoms with Crippen molar-refractivity contribution in [3.8, 4) is 0 Å². The van der Waals surface area contributed by atoms with Gasteiger partial charge in [0.25, 0.3) is 11.8 Å². The van der Waals surface area contributed by atoms with Gasteiger partial charge in [0, 0.05) is 14.1 Å². The Morgan fingerprint density at radius 1 is 0.773 bits per heavy atom. The Morgan fingerprint density at radius 3 is 1.50 bits per heavy atom. The molecule has 0 bridgehead atoms. The van der Waals surface area contributed by atoms with Gasteiger partial charge in [-0.1, -0.05) is 12.1 Å². The SMILES string of the molecule is CN1C(=O)C2=C(c3cccs3)N(C)C(=O)C2=C1c1cccs1. The third kappa shape index (κ3) is 1.62. The Bertz CT molecular complexity index is 773. The Morgan fingerprint density at radius 2 is 1.18 bits per heavy atom. The van der Waals surface area contributed by atoms with Crippen LogP contribution in [0.15, 0.2) is 46.2 Å². The highest BCUT2D eigenvalue weighted by molar-refractivity contribution is 7.11. The molecule has 2 aromatic heterocycles. The maximum Gasteiger partial charge on any atom is 0.261 e. The number of carbonyl (C=O) groups is 2. The molecule has 0 saturated heterocycles. The highest BCUT2D eigenvalue weighted by Crippen LogP contribution is 2.46. The van der Waals surface area contributed by atoms with Gasteiger partial charge in [-0.15, -0.1) is 22.7 Å². The maximum absolute atomic E-state index is 12.7. The summed E-state index contributed by atoms with van der Waals surface area (Å²) in [6.45, 7) is 0. The Labute approximate surface area is 135 Å². The lowest BCUT2D eigenvalue weighted by molar-refractivity contribution is -0.123. The molecule has 0 radical (unpaired) electrons. The summed E-state index contributed by atoms with van der Waals surface area (Å²) in [5, 5.41) is 3.90. The van der Waals surface area contributed by atoms with Crippen molar-refractivity contribution in [3.63, 3.8) is 0 Å². The van der Waals surface area contributed by atoms with Gasteiger partial charge in [0.1, 0.15) is 0 Å². The van der Waals surface area contributed by atoms with E-state index in [4.69, 9.17) is 0 Å². The molecule has 2 aliphatic heterocycles. The minimum absolute atomic E-state index is 0.112. The molecule has 2 amide bonds. The summed E-state index contributed by atoms with van der Waals surface area (Å²) < 4.78 is 0. The molecule has 0 N–H and O–H groups in total. The number of fused-ring (bicyclic) bond motifs is 1. The van der Waals surface area contributed by atoms with Gasteiger partial charge in [-0.2, -0.15) is 0 Å². The molecule has 2 aliphatic rings. The van der Waals surface area contributed by atoms with Gasteiger partial charge in [0.05, 0.1) is 32.3 Å². The fourth-order valence-corrected chi connectivity index (χ4v) is 4.55. The van der Waals surface area contributed by atoms with Crippen LogP contribution in [0.3, 0.4) is 0 Å². The molecule has 0 aromatic carbocycles. The van der Waals surface area contributed by atoms with Crippen molar-refractivity contribution in [2.24, 2.45) is 0 Å². The predicted octanol–water partition coefficient (Wildman–Crippen LogP) is 2.88. The fourth-order valence-electron chi connectivity index (χ4n) is 2.93. The molecule has 6 heteroatoms. The number of hydrogen-bond donors (Lipinski definition) is 0. The van der Waals surface area contributed by atoms with E-state index >= 15 is 0 Å². The van der Waals surface area contributed by atoms with E-state index < -0.39 is 0 Å². The zero-order valence-electron chi connectivity index (χ0n) is 12.0. The average Bonchev–Trinajstić information content (AvgIpc) is 3.25. The van der Waals surface area contributed by atoms with E-state index in [1.165, 1.54) is 22.7 Å². The molecule has 0 aliphatic carbocycles. The van der Waals surface area contributed by atoms with E-state index in [1.54, 1.807) is 23.9 Å². The summed E-state index contributed by atoms with van der Waals surface area (Å²) in [4.78, 5) is 30.6. The summed E-state index contributed by atoms with van der Waals surface area (Å²) in [7, 11) is 3.46. The molecule has 110 valence electrons. The third-order valence-electron chi connectivity index (χ3n) is 3.94. The zero-order chi connectivity index (χ0) is 15.4. The zero-order valence-corrected chi connectivity index (χ0v) is 13.6. The minimum Gasteiger partial charge on any atom is -0.309 e. The number of amides is 2. The van der Waals surface area contributed by atoms with Gasteiger partial charge in [-0.05, 0) is 22.9 Å². The Kier molecular flexibility index (Phi) is 2.85. The lowest BCUT2D eigenvalue weighted by atomic mass is 10.1. The van der Waals surface area contributed by atoms with E-state index in [0.717, 1.165) is 21.1 Å². The molecule has 0 unspecified atom stereocenters. The van der Waals surface area contributed by atoms with Crippen LogP contribution in [0.1, 0.15) is 9.75 Å². The third-order valence-corrected chi connectivity index (χ3v) is 5.69. The second kappa shape index (κ2) is 4.66. The summed E-state index contributed by atoms with van der Waals surface area (Å²) in [5.74, 6) is -0.223. The molecule has 0 spiro atoms. The number of thiophene rings is 2. The topological polar surface area (TPSA) is 40.6 Å². The van der Waals surface area contributed by atoms with E-state index in [-0.39, 0.29) is 11.8 Å². The lowest BCUT2D eigenvalue weighted by Gasteiger charge is -2.18. The van der Waals surface area contributed by atoms with Crippen LogP contribution in [-0.2, 0) is 9.59 Å². The Hall–Kier alpha value is -2.18. The number of hydrogen-bond acceptors (Lipinski definition) is 4. The van der Waals surface area contributed by atoms with E-state index in [9.17, 15) is 9.59 Å². The fraction of sp³-hybridized carbons (Fsp3) is 0.125. The molecule has 0 atom stereocenters. The first-order valence-electron chi connectivity index (χ1n) is 6.74.